The maximum absolute atomic E-state index is 13.5. The molecule has 1 atom stereocenters. The smallest absolute Gasteiger partial charge is 0.341 e. The van der Waals surface area contributed by atoms with Gasteiger partial charge in [-0.1, -0.05) is 30.0 Å². The molecule has 240 valence electrons. The fourth-order valence-corrected chi connectivity index (χ4v) is 7.25. The standard InChI is InChI=1S/C31H32N6O7S2/c1-5-44-30(40)26-20-9-8-12-24(20)46-29(26)33-27(38)18(3)45-31-35-34-25(36(31)21-10-6-7-11-23(21)43-4)16-32-28(39)19-14-13-17(2)22(15-19)37(41)42/h6-7,10-11,13-15,18H,5,8-9,12,16H2,1-4H3,(H,32,39)(H,33,38). The molecule has 15 heteroatoms. The molecule has 0 aliphatic heterocycles. The van der Waals surface area contributed by atoms with Crippen LogP contribution in [0, 0.1) is 17.0 Å². The Morgan fingerprint density at radius 1 is 1.17 bits per heavy atom. The zero-order valence-electron chi connectivity index (χ0n) is 25.6. The van der Waals surface area contributed by atoms with Gasteiger partial charge >= 0.3 is 5.97 Å². The van der Waals surface area contributed by atoms with Crippen LogP contribution in [-0.2, 0) is 28.9 Å². The van der Waals surface area contributed by atoms with E-state index < -0.39 is 22.0 Å². The van der Waals surface area contributed by atoms with Gasteiger partial charge in [0.15, 0.2) is 11.0 Å². The summed E-state index contributed by atoms with van der Waals surface area (Å²) in [7, 11) is 1.53. The number of nitro groups is 1. The summed E-state index contributed by atoms with van der Waals surface area (Å²) in [6.07, 6.45) is 2.58. The van der Waals surface area contributed by atoms with Crippen LogP contribution in [0.1, 0.15) is 62.8 Å². The fraction of sp³-hybridized carbons (Fsp3) is 0.323. The number of methoxy groups -OCH3 is 1. The van der Waals surface area contributed by atoms with Gasteiger partial charge in [0.1, 0.15) is 10.8 Å². The fourth-order valence-electron chi connectivity index (χ4n) is 5.09. The first-order valence-electron chi connectivity index (χ1n) is 14.5. The number of anilines is 1. The molecule has 46 heavy (non-hydrogen) atoms. The van der Waals surface area contributed by atoms with Gasteiger partial charge in [-0.2, -0.15) is 0 Å². The number of aromatic nitrogens is 3. The number of aryl methyl sites for hydroxylation is 2. The van der Waals surface area contributed by atoms with E-state index in [-0.39, 0.29) is 30.3 Å². The van der Waals surface area contributed by atoms with Crippen molar-refractivity contribution >= 4 is 51.6 Å². The number of amides is 2. The highest BCUT2D eigenvalue weighted by Crippen LogP contribution is 2.40. The first-order chi connectivity index (χ1) is 22.1. The van der Waals surface area contributed by atoms with Gasteiger partial charge in [0.25, 0.3) is 11.6 Å². The highest BCUT2D eigenvalue weighted by molar-refractivity contribution is 8.00. The Morgan fingerprint density at radius 2 is 1.96 bits per heavy atom. The number of nitrogens with one attached hydrogen (secondary N) is 2. The molecule has 0 bridgehead atoms. The number of fused-ring (bicyclic) bond motifs is 1. The molecule has 0 saturated heterocycles. The van der Waals surface area contributed by atoms with E-state index in [1.807, 2.05) is 6.07 Å². The van der Waals surface area contributed by atoms with Gasteiger partial charge in [0.2, 0.25) is 5.91 Å². The van der Waals surface area contributed by atoms with E-state index in [9.17, 15) is 24.5 Å². The maximum Gasteiger partial charge on any atom is 0.341 e. The number of thioether (sulfide) groups is 1. The maximum atomic E-state index is 13.5. The minimum atomic E-state index is -0.666. The van der Waals surface area contributed by atoms with E-state index in [0.29, 0.717) is 38.5 Å². The molecule has 2 amide bonds. The van der Waals surface area contributed by atoms with Crippen LogP contribution in [0.3, 0.4) is 0 Å². The number of carbonyl (C=O) groups is 3. The van der Waals surface area contributed by atoms with Gasteiger partial charge in [-0.3, -0.25) is 24.3 Å². The average Bonchev–Trinajstić information content (AvgIpc) is 3.74. The lowest BCUT2D eigenvalue weighted by atomic mass is 10.1. The number of esters is 1. The highest BCUT2D eigenvalue weighted by Gasteiger charge is 2.30. The van der Waals surface area contributed by atoms with Gasteiger partial charge in [0.05, 0.1) is 41.7 Å². The second-order valence-corrected chi connectivity index (χ2v) is 12.8. The Morgan fingerprint density at radius 3 is 2.70 bits per heavy atom. The molecule has 0 radical (unpaired) electrons. The predicted octanol–water partition coefficient (Wildman–Crippen LogP) is 5.27. The summed E-state index contributed by atoms with van der Waals surface area (Å²) in [5.41, 5.74) is 2.37. The molecule has 2 heterocycles. The Hall–Kier alpha value is -4.76. The molecular formula is C31H32N6O7S2. The SMILES string of the molecule is CCOC(=O)c1c(NC(=O)C(C)Sc2nnc(CNC(=O)c3ccc(C)c([N+](=O)[O-])c3)n2-c2ccccc2OC)sc2c1CCC2. The van der Waals surface area contributed by atoms with E-state index in [1.165, 1.54) is 36.6 Å². The van der Waals surface area contributed by atoms with Crippen LogP contribution in [0.5, 0.6) is 5.75 Å². The second-order valence-electron chi connectivity index (χ2n) is 10.4. The van der Waals surface area contributed by atoms with E-state index in [4.69, 9.17) is 9.47 Å². The van der Waals surface area contributed by atoms with Crippen molar-refractivity contribution in [2.75, 3.05) is 19.0 Å². The van der Waals surface area contributed by atoms with Crippen LogP contribution in [-0.4, -0.2) is 56.4 Å². The Balaban J connectivity index is 1.39. The van der Waals surface area contributed by atoms with Crippen LogP contribution in [0.2, 0.25) is 0 Å². The van der Waals surface area contributed by atoms with Crippen molar-refractivity contribution in [3.05, 3.63) is 85.5 Å². The Bertz CT molecular complexity index is 1820. The number of rotatable bonds is 12. The monoisotopic (exact) mass is 664 g/mol. The third-order valence-electron chi connectivity index (χ3n) is 7.39. The average molecular weight is 665 g/mol. The molecule has 2 aromatic carbocycles. The number of benzene rings is 2. The molecular weight excluding hydrogens is 633 g/mol. The van der Waals surface area contributed by atoms with Crippen molar-refractivity contribution in [1.29, 1.82) is 0 Å². The van der Waals surface area contributed by atoms with Crippen molar-refractivity contribution in [3.63, 3.8) is 0 Å². The molecule has 0 saturated carbocycles. The lowest BCUT2D eigenvalue weighted by Gasteiger charge is -2.16. The van der Waals surface area contributed by atoms with Crippen LogP contribution in [0.25, 0.3) is 5.69 Å². The number of ether oxygens (including phenoxy) is 2. The molecule has 0 fully saturated rings. The van der Waals surface area contributed by atoms with Crippen molar-refractivity contribution in [2.24, 2.45) is 0 Å². The molecule has 13 nitrogen and oxygen atoms in total. The molecule has 0 spiro atoms. The summed E-state index contributed by atoms with van der Waals surface area (Å²) in [5.74, 6) is -0.454. The summed E-state index contributed by atoms with van der Waals surface area (Å²) in [4.78, 5) is 51.2. The molecule has 1 unspecified atom stereocenters. The van der Waals surface area contributed by atoms with E-state index >= 15 is 0 Å². The number of para-hydroxylation sites is 2. The normalized spacial score (nSPS) is 12.7. The zero-order valence-corrected chi connectivity index (χ0v) is 27.3. The number of thiophene rings is 1. The zero-order chi connectivity index (χ0) is 33.0. The van der Waals surface area contributed by atoms with E-state index in [1.54, 1.807) is 43.5 Å². The minimum Gasteiger partial charge on any atom is -0.495 e. The molecule has 1 aliphatic carbocycles. The molecule has 2 aromatic heterocycles. The molecule has 2 N–H and O–H groups in total. The lowest BCUT2D eigenvalue weighted by Crippen LogP contribution is -2.25. The summed E-state index contributed by atoms with van der Waals surface area (Å²) < 4.78 is 12.6. The van der Waals surface area contributed by atoms with Crippen molar-refractivity contribution in [3.8, 4) is 11.4 Å². The predicted molar refractivity (Wildman–Crippen MR) is 173 cm³/mol. The van der Waals surface area contributed by atoms with Crippen LogP contribution in [0.15, 0.2) is 47.6 Å². The van der Waals surface area contributed by atoms with Gasteiger partial charge in [-0.15, -0.1) is 21.5 Å². The number of nitrogens with zero attached hydrogens (tertiary/aromatic N) is 4. The van der Waals surface area contributed by atoms with Gasteiger partial charge in [-0.05, 0) is 63.8 Å². The number of hydrogen-bond donors (Lipinski definition) is 2. The highest BCUT2D eigenvalue weighted by atomic mass is 32.2. The summed E-state index contributed by atoms with van der Waals surface area (Å²) in [5, 5.41) is 25.9. The van der Waals surface area contributed by atoms with Crippen molar-refractivity contribution in [2.45, 2.75) is 57.0 Å². The topological polar surface area (TPSA) is 168 Å². The second kappa shape index (κ2) is 14.1. The van der Waals surface area contributed by atoms with Gasteiger partial charge in [0, 0.05) is 22.1 Å². The Kier molecular flexibility index (Phi) is 10.0. The lowest BCUT2D eigenvalue weighted by molar-refractivity contribution is -0.385. The molecule has 5 rings (SSSR count). The summed E-state index contributed by atoms with van der Waals surface area (Å²) in [6.45, 7) is 5.22. The molecule has 1 aliphatic rings. The largest absolute Gasteiger partial charge is 0.495 e. The third-order valence-corrected chi connectivity index (χ3v) is 9.64. The number of hydrogen-bond acceptors (Lipinski definition) is 11. The quantitative estimate of drug-likeness (QED) is 0.0881. The first kappa shape index (κ1) is 32.6. The number of nitro benzene ring substituents is 1. The minimum absolute atomic E-state index is 0.0731. The molecule has 4 aromatic rings. The van der Waals surface area contributed by atoms with Crippen molar-refractivity contribution in [1.82, 2.24) is 20.1 Å². The Labute approximate surface area is 272 Å². The van der Waals surface area contributed by atoms with E-state index in [0.717, 1.165) is 41.5 Å². The van der Waals surface area contributed by atoms with Crippen molar-refractivity contribution < 1.29 is 28.8 Å². The number of carbonyl (C=O) groups excluding carboxylic acids is 3. The van der Waals surface area contributed by atoms with Gasteiger partial charge < -0.3 is 20.1 Å². The summed E-state index contributed by atoms with van der Waals surface area (Å²) in [6, 6.07) is 11.4. The first-order valence-corrected chi connectivity index (χ1v) is 16.2. The summed E-state index contributed by atoms with van der Waals surface area (Å²) >= 11 is 2.55. The van der Waals surface area contributed by atoms with Crippen LogP contribution in [0.4, 0.5) is 10.7 Å². The van der Waals surface area contributed by atoms with Crippen LogP contribution >= 0.6 is 23.1 Å². The van der Waals surface area contributed by atoms with Gasteiger partial charge in [-0.25, -0.2) is 4.79 Å². The third kappa shape index (κ3) is 6.74. The van der Waals surface area contributed by atoms with E-state index in [2.05, 4.69) is 20.8 Å². The van der Waals surface area contributed by atoms with Crippen LogP contribution < -0.4 is 15.4 Å².